The molecule has 1 rings (SSSR count). The number of hydrogen-bond acceptors (Lipinski definition) is 1. The first kappa shape index (κ1) is 9.99. The Bertz CT molecular complexity index is 305. The molecule has 0 radical (unpaired) electrons. The zero-order valence-corrected chi connectivity index (χ0v) is 7.51. The van der Waals surface area contributed by atoms with Crippen LogP contribution in [0.5, 0.6) is 0 Å². The largest absolute Gasteiger partial charge is 0.481 e. The van der Waals surface area contributed by atoms with E-state index in [-0.39, 0.29) is 23.4 Å². The highest BCUT2D eigenvalue weighted by molar-refractivity contribution is 6.31. The van der Waals surface area contributed by atoms with Gasteiger partial charge < -0.3 is 5.11 Å². The van der Waals surface area contributed by atoms with Crippen molar-refractivity contribution in [2.24, 2.45) is 0 Å². The lowest BCUT2D eigenvalue weighted by Gasteiger charge is -2.02. The number of rotatable bonds is 3. The van der Waals surface area contributed by atoms with E-state index in [1.807, 2.05) is 0 Å². The lowest BCUT2D eigenvalue weighted by atomic mass is 10.1. The van der Waals surface area contributed by atoms with E-state index in [1.165, 1.54) is 12.1 Å². The van der Waals surface area contributed by atoms with Crippen LogP contribution in [0.2, 0.25) is 5.02 Å². The van der Waals surface area contributed by atoms with Gasteiger partial charge in [0.15, 0.2) is 0 Å². The topological polar surface area (TPSA) is 37.3 Å². The molecule has 1 aromatic rings. The third kappa shape index (κ3) is 2.70. The third-order valence-corrected chi connectivity index (χ3v) is 2.00. The Kier molecular flexibility index (Phi) is 3.25. The molecule has 0 fully saturated rings. The molecule has 0 saturated carbocycles. The quantitative estimate of drug-likeness (QED) is 0.818. The van der Waals surface area contributed by atoms with Gasteiger partial charge in [-0.05, 0) is 18.6 Å². The second kappa shape index (κ2) is 4.23. The van der Waals surface area contributed by atoms with Crippen LogP contribution in [0.25, 0.3) is 0 Å². The van der Waals surface area contributed by atoms with Crippen LogP contribution >= 0.6 is 11.6 Å². The van der Waals surface area contributed by atoms with Crippen molar-refractivity contribution in [1.29, 1.82) is 0 Å². The van der Waals surface area contributed by atoms with Gasteiger partial charge in [0.25, 0.3) is 0 Å². The summed E-state index contributed by atoms with van der Waals surface area (Å²) in [6.45, 7) is 0. The van der Waals surface area contributed by atoms with Gasteiger partial charge in [0, 0.05) is 17.0 Å². The molecule has 13 heavy (non-hydrogen) atoms. The molecule has 0 unspecified atom stereocenters. The van der Waals surface area contributed by atoms with Crippen molar-refractivity contribution in [2.45, 2.75) is 12.8 Å². The Labute approximate surface area is 80.0 Å². The Balaban J connectivity index is 2.81. The summed E-state index contributed by atoms with van der Waals surface area (Å²) in [4.78, 5) is 10.2. The highest BCUT2D eigenvalue weighted by Crippen LogP contribution is 2.20. The zero-order chi connectivity index (χ0) is 9.84. The average molecular weight is 203 g/mol. The maximum Gasteiger partial charge on any atom is 0.303 e. The van der Waals surface area contributed by atoms with E-state index in [1.54, 1.807) is 6.07 Å². The lowest BCUT2D eigenvalue weighted by molar-refractivity contribution is -0.136. The van der Waals surface area contributed by atoms with E-state index in [2.05, 4.69) is 0 Å². The number of carbonyl (C=O) groups is 1. The Morgan fingerprint density at radius 3 is 2.77 bits per heavy atom. The first-order valence-corrected chi connectivity index (χ1v) is 4.13. The van der Waals surface area contributed by atoms with Gasteiger partial charge >= 0.3 is 5.97 Å². The van der Waals surface area contributed by atoms with Crippen LogP contribution in [0.3, 0.4) is 0 Å². The summed E-state index contributed by atoms with van der Waals surface area (Å²) in [7, 11) is 0. The fourth-order valence-corrected chi connectivity index (χ4v) is 1.26. The van der Waals surface area contributed by atoms with Crippen LogP contribution in [-0.2, 0) is 11.2 Å². The third-order valence-electron chi connectivity index (χ3n) is 1.65. The number of carboxylic acid groups (broad SMARTS) is 1. The van der Waals surface area contributed by atoms with Gasteiger partial charge in [-0.25, -0.2) is 4.39 Å². The summed E-state index contributed by atoms with van der Waals surface area (Å²) < 4.78 is 13.0. The van der Waals surface area contributed by atoms with Crippen molar-refractivity contribution in [2.75, 3.05) is 0 Å². The molecule has 2 nitrogen and oxygen atoms in total. The summed E-state index contributed by atoms with van der Waals surface area (Å²) in [5.41, 5.74) is 0.270. The summed E-state index contributed by atoms with van der Waals surface area (Å²) in [6, 6.07) is 4.30. The van der Waals surface area contributed by atoms with Gasteiger partial charge in [0.1, 0.15) is 5.82 Å². The maximum atomic E-state index is 13.0. The minimum atomic E-state index is -0.959. The van der Waals surface area contributed by atoms with Crippen molar-refractivity contribution in [3.05, 3.63) is 34.6 Å². The van der Waals surface area contributed by atoms with Crippen LogP contribution in [0.4, 0.5) is 4.39 Å². The number of aliphatic carboxylic acids is 1. The highest BCUT2D eigenvalue weighted by Gasteiger charge is 2.08. The predicted octanol–water partition coefficient (Wildman–Crippen LogP) is 2.50. The fourth-order valence-electron chi connectivity index (χ4n) is 1.00. The molecular weight excluding hydrogens is 195 g/mol. The van der Waals surface area contributed by atoms with Crippen LogP contribution in [0, 0.1) is 5.82 Å². The molecule has 1 N–H and O–H groups in total. The normalized spacial score (nSPS) is 10.0. The molecule has 0 aliphatic heterocycles. The van der Waals surface area contributed by atoms with Crippen LogP contribution in [0.15, 0.2) is 18.2 Å². The average Bonchev–Trinajstić information content (AvgIpc) is 2.03. The first-order valence-electron chi connectivity index (χ1n) is 3.76. The number of halogens is 2. The summed E-state index contributed by atoms with van der Waals surface area (Å²) >= 11 is 5.68. The Hall–Kier alpha value is -1.09. The van der Waals surface area contributed by atoms with E-state index in [0.29, 0.717) is 0 Å². The maximum absolute atomic E-state index is 13.0. The van der Waals surface area contributed by atoms with Gasteiger partial charge in [-0.1, -0.05) is 17.7 Å². The van der Waals surface area contributed by atoms with Gasteiger partial charge in [0.05, 0.1) is 0 Å². The molecular formula is C9H8ClFO2. The molecule has 0 saturated heterocycles. The number of hydrogen-bond donors (Lipinski definition) is 1. The molecule has 4 heteroatoms. The van der Waals surface area contributed by atoms with E-state index < -0.39 is 11.8 Å². The summed E-state index contributed by atoms with van der Waals surface area (Å²) in [5.74, 6) is -1.41. The van der Waals surface area contributed by atoms with Crippen LogP contribution in [-0.4, -0.2) is 11.1 Å². The minimum Gasteiger partial charge on any atom is -0.481 e. The van der Waals surface area contributed by atoms with E-state index in [4.69, 9.17) is 16.7 Å². The predicted molar refractivity (Wildman–Crippen MR) is 47.4 cm³/mol. The summed E-state index contributed by atoms with van der Waals surface area (Å²) in [6.07, 6.45) is 0.0154. The molecule has 0 bridgehead atoms. The smallest absolute Gasteiger partial charge is 0.303 e. The van der Waals surface area contributed by atoms with E-state index in [9.17, 15) is 9.18 Å². The highest BCUT2D eigenvalue weighted by atomic mass is 35.5. The molecule has 0 aliphatic carbocycles. The van der Waals surface area contributed by atoms with Crippen LogP contribution in [0.1, 0.15) is 12.0 Å². The van der Waals surface area contributed by atoms with Crippen molar-refractivity contribution in [3.63, 3.8) is 0 Å². The number of benzene rings is 1. The molecule has 0 atom stereocenters. The molecule has 1 aromatic carbocycles. The monoisotopic (exact) mass is 202 g/mol. The molecule has 0 heterocycles. The van der Waals surface area contributed by atoms with Crippen molar-refractivity contribution >= 4 is 17.6 Å². The SMILES string of the molecule is O=C(O)CCc1c(F)cccc1Cl. The van der Waals surface area contributed by atoms with E-state index in [0.717, 1.165) is 0 Å². The number of carboxylic acids is 1. The van der Waals surface area contributed by atoms with Gasteiger partial charge in [-0.2, -0.15) is 0 Å². The lowest BCUT2D eigenvalue weighted by Crippen LogP contribution is -1.99. The van der Waals surface area contributed by atoms with Gasteiger partial charge in [0.2, 0.25) is 0 Å². The van der Waals surface area contributed by atoms with Crippen LogP contribution < -0.4 is 0 Å². The standard InChI is InChI=1S/C9H8ClFO2/c10-7-2-1-3-8(11)6(7)4-5-9(12)13/h1-3H,4-5H2,(H,12,13). The van der Waals surface area contributed by atoms with E-state index >= 15 is 0 Å². The fraction of sp³-hybridized carbons (Fsp3) is 0.222. The zero-order valence-electron chi connectivity index (χ0n) is 6.76. The second-order valence-electron chi connectivity index (χ2n) is 2.59. The Morgan fingerprint density at radius 1 is 1.54 bits per heavy atom. The van der Waals surface area contributed by atoms with Crippen molar-refractivity contribution in [3.8, 4) is 0 Å². The summed E-state index contributed by atoms with van der Waals surface area (Å²) in [5, 5.41) is 8.67. The van der Waals surface area contributed by atoms with Crippen molar-refractivity contribution in [1.82, 2.24) is 0 Å². The van der Waals surface area contributed by atoms with Gasteiger partial charge in [-0.3, -0.25) is 4.79 Å². The van der Waals surface area contributed by atoms with Gasteiger partial charge in [-0.15, -0.1) is 0 Å². The Morgan fingerprint density at radius 2 is 2.23 bits per heavy atom. The molecule has 0 aliphatic rings. The first-order chi connectivity index (χ1) is 6.11. The second-order valence-corrected chi connectivity index (χ2v) is 3.00. The minimum absolute atomic E-state index is 0.110. The molecule has 0 amide bonds. The molecule has 0 spiro atoms. The van der Waals surface area contributed by atoms with Crippen molar-refractivity contribution < 1.29 is 14.3 Å². The molecule has 70 valence electrons. The molecule has 0 aromatic heterocycles.